The van der Waals surface area contributed by atoms with Crippen LogP contribution < -0.4 is 0 Å². The number of benzene rings is 1. The second kappa shape index (κ2) is 12.9. The van der Waals surface area contributed by atoms with Crippen LogP contribution in [0, 0.1) is 16.7 Å². The van der Waals surface area contributed by atoms with Crippen LogP contribution in [0.25, 0.3) is 0 Å². The molecule has 0 saturated heterocycles. The molecule has 10 heteroatoms. The Morgan fingerprint density at radius 2 is 1.46 bits per heavy atom. The highest BCUT2D eigenvalue weighted by atomic mass is 16.6. The Bertz CT molecular complexity index is 940. The van der Waals surface area contributed by atoms with Crippen LogP contribution in [-0.2, 0) is 28.6 Å². The summed E-state index contributed by atoms with van der Waals surface area (Å²) >= 11 is 0. The van der Waals surface area contributed by atoms with E-state index in [1.807, 2.05) is 0 Å². The predicted octanol–water partition coefficient (Wildman–Crippen LogP) is 3.57. The normalized spacial score (nSPS) is 15.1. The molecule has 0 bridgehead atoms. The Balaban J connectivity index is 2.79. The van der Waals surface area contributed by atoms with Crippen molar-refractivity contribution in [3.05, 3.63) is 35.4 Å². The van der Waals surface area contributed by atoms with Crippen LogP contribution in [0.15, 0.2) is 24.3 Å². The maximum Gasteiger partial charge on any atom is 0.339 e. The van der Waals surface area contributed by atoms with Gasteiger partial charge in [0.15, 0.2) is 0 Å². The van der Waals surface area contributed by atoms with E-state index in [0.29, 0.717) is 0 Å². The van der Waals surface area contributed by atoms with Crippen molar-refractivity contribution in [1.29, 1.82) is 0 Å². The molecule has 0 fully saturated rings. The van der Waals surface area contributed by atoms with Gasteiger partial charge in [0.2, 0.25) is 0 Å². The fourth-order valence-corrected chi connectivity index (χ4v) is 3.85. The monoisotopic (exact) mass is 494 g/mol. The van der Waals surface area contributed by atoms with Gasteiger partial charge in [-0.1, -0.05) is 26.0 Å². The van der Waals surface area contributed by atoms with Gasteiger partial charge in [-0.25, -0.2) is 9.59 Å². The first-order valence-corrected chi connectivity index (χ1v) is 11.4. The summed E-state index contributed by atoms with van der Waals surface area (Å²) in [5, 5.41) is 19.0. The van der Waals surface area contributed by atoms with E-state index in [4.69, 9.17) is 14.2 Å². The summed E-state index contributed by atoms with van der Waals surface area (Å²) in [6, 6.07) is 5.56. The minimum Gasteiger partial charge on any atom is -0.481 e. The molecule has 0 spiro atoms. The summed E-state index contributed by atoms with van der Waals surface area (Å²) in [7, 11) is 0. The van der Waals surface area contributed by atoms with E-state index in [1.54, 1.807) is 27.7 Å². The number of aromatic carboxylic acids is 1. The fraction of sp³-hybridized carbons (Fsp3) is 0.560. The van der Waals surface area contributed by atoms with Crippen LogP contribution in [0.2, 0.25) is 0 Å². The van der Waals surface area contributed by atoms with E-state index in [9.17, 15) is 34.2 Å². The van der Waals surface area contributed by atoms with Gasteiger partial charge in [0.25, 0.3) is 0 Å². The van der Waals surface area contributed by atoms with E-state index in [1.165, 1.54) is 31.2 Å². The number of aliphatic carboxylic acids is 1. The topological polar surface area (TPSA) is 154 Å². The second-order valence-electron chi connectivity index (χ2n) is 8.94. The lowest BCUT2D eigenvalue weighted by atomic mass is 9.68. The quantitative estimate of drug-likeness (QED) is 0.223. The maximum absolute atomic E-state index is 12.9. The average molecular weight is 495 g/mol. The van der Waals surface area contributed by atoms with Gasteiger partial charge in [-0.2, -0.15) is 0 Å². The maximum atomic E-state index is 12.9. The highest BCUT2D eigenvalue weighted by Gasteiger charge is 2.46. The van der Waals surface area contributed by atoms with Crippen molar-refractivity contribution in [3.63, 3.8) is 0 Å². The third kappa shape index (κ3) is 8.08. The fourth-order valence-electron chi connectivity index (χ4n) is 3.85. The zero-order valence-corrected chi connectivity index (χ0v) is 20.8. The van der Waals surface area contributed by atoms with Gasteiger partial charge in [0.1, 0.15) is 13.2 Å². The minimum absolute atomic E-state index is 0.0232. The summed E-state index contributed by atoms with van der Waals surface area (Å²) in [5.74, 6) is -5.15. The van der Waals surface area contributed by atoms with Crippen LogP contribution in [0.1, 0.15) is 74.6 Å². The lowest BCUT2D eigenvalue weighted by Gasteiger charge is -2.36. The summed E-state index contributed by atoms with van der Waals surface area (Å²) in [6.07, 6.45) is 0.166. The van der Waals surface area contributed by atoms with E-state index < -0.39 is 46.6 Å². The number of hydrogen-bond donors (Lipinski definition) is 2. The molecule has 0 aromatic heterocycles. The zero-order valence-electron chi connectivity index (χ0n) is 20.8. The molecular weight excluding hydrogens is 460 g/mol. The van der Waals surface area contributed by atoms with Gasteiger partial charge < -0.3 is 24.4 Å². The number of hydrogen-bond acceptors (Lipinski definition) is 8. The van der Waals surface area contributed by atoms with Gasteiger partial charge in [-0.3, -0.25) is 14.4 Å². The van der Waals surface area contributed by atoms with Gasteiger partial charge in [0, 0.05) is 0 Å². The molecule has 35 heavy (non-hydrogen) atoms. The van der Waals surface area contributed by atoms with Crippen molar-refractivity contribution >= 4 is 29.8 Å². The molecule has 194 valence electrons. The molecule has 3 atom stereocenters. The van der Waals surface area contributed by atoms with Crippen molar-refractivity contribution < 1.29 is 48.4 Å². The van der Waals surface area contributed by atoms with Crippen LogP contribution in [0.5, 0.6) is 0 Å². The molecule has 2 N–H and O–H groups in total. The van der Waals surface area contributed by atoms with Crippen LogP contribution in [0.3, 0.4) is 0 Å². The van der Waals surface area contributed by atoms with Crippen LogP contribution in [0.4, 0.5) is 0 Å². The largest absolute Gasteiger partial charge is 0.481 e. The van der Waals surface area contributed by atoms with Crippen molar-refractivity contribution in [2.75, 3.05) is 19.8 Å². The van der Waals surface area contributed by atoms with Crippen LogP contribution in [-0.4, -0.2) is 59.9 Å². The molecule has 0 saturated carbocycles. The van der Waals surface area contributed by atoms with Crippen molar-refractivity contribution in [2.45, 2.75) is 53.9 Å². The first-order valence-electron chi connectivity index (χ1n) is 11.4. The molecule has 0 amide bonds. The molecule has 1 aromatic carbocycles. The number of ether oxygens (including phenoxy) is 3. The molecule has 1 rings (SSSR count). The smallest absolute Gasteiger partial charge is 0.339 e. The first kappa shape index (κ1) is 29.6. The number of carbonyl (C=O) groups is 5. The van der Waals surface area contributed by atoms with Gasteiger partial charge >= 0.3 is 29.8 Å². The van der Waals surface area contributed by atoms with E-state index >= 15 is 0 Å². The zero-order chi connectivity index (χ0) is 26.8. The molecule has 0 aliphatic carbocycles. The molecule has 0 aliphatic heterocycles. The van der Waals surface area contributed by atoms with E-state index in [-0.39, 0.29) is 50.2 Å². The Morgan fingerprint density at radius 3 is 1.97 bits per heavy atom. The second-order valence-corrected chi connectivity index (χ2v) is 8.94. The van der Waals surface area contributed by atoms with Gasteiger partial charge in [-0.05, 0) is 52.2 Å². The third-order valence-corrected chi connectivity index (χ3v) is 5.94. The molecular formula is C25H34O10. The summed E-state index contributed by atoms with van der Waals surface area (Å²) < 4.78 is 15.3. The minimum atomic E-state index is -1.40. The summed E-state index contributed by atoms with van der Waals surface area (Å²) in [5.41, 5.74) is -2.92. The number of esters is 3. The average Bonchev–Trinajstić information content (AvgIpc) is 2.81. The van der Waals surface area contributed by atoms with E-state index in [0.717, 1.165) is 0 Å². The van der Waals surface area contributed by atoms with Crippen molar-refractivity contribution in [2.24, 2.45) is 16.7 Å². The molecule has 0 heterocycles. The Hall–Kier alpha value is -3.43. The molecule has 0 aliphatic rings. The number of carboxylic acid groups (broad SMARTS) is 2. The standard InChI is InChI=1S/C25H34O10/c1-6-24(4,15-25(5,22(30)31)14-16(3)20(28)33-7-2)23(32)35-13-12-34-21(29)18-11-9-8-10-17(18)19(26)27/h8-11,16H,6-7,12-15H2,1-5H3,(H,26,27)(H,30,31). The van der Waals surface area contributed by atoms with Crippen LogP contribution >= 0.6 is 0 Å². The predicted molar refractivity (Wildman–Crippen MR) is 124 cm³/mol. The van der Waals surface area contributed by atoms with Crippen molar-refractivity contribution in [3.8, 4) is 0 Å². The van der Waals surface area contributed by atoms with E-state index in [2.05, 4.69) is 0 Å². The number of rotatable bonds is 14. The highest BCUT2D eigenvalue weighted by Crippen LogP contribution is 2.42. The van der Waals surface area contributed by atoms with Gasteiger partial charge in [0.05, 0.1) is 34.5 Å². The van der Waals surface area contributed by atoms with Gasteiger partial charge in [-0.15, -0.1) is 0 Å². The molecule has 0 radical (unpaired) electrons. The Morgan fingerprint density at radius 1 is 0.886 bits per heavy atom. The number of carboxylic acids is 2. The summed E-state index contributed by atoms with van der Waals surface area (Å²) in [6.45, 7) is 7.60. The Kier molecular flexibility index (Phi) is 10.9. The SMILES string of the molecule is CCOC(=O)C(C)CC(C)(CC(C)(CC)C(=O)OCCOC(=O)c1ccccc1C(=O)O)C(=O)O. The molecule has 10 nitrogen and oxygen atoms in total. The highest BCUT2D eigenvalue weighted by molar-refractivity contribution is 6.02. The molecule has 1 aromatic rings. The Labute approximate surface area is 204 Å². The van der Waals surface area contributed by atoms with Crippen molar-refractivity contribution in [1.82, 2.24) is 0 Å². The third-order valence-electron chi connectivity index (χ3n) is 5.94. The number of carbonyl (C=O) groups excluding carboxylic acids is 3. The molecule has 3 unspecified atom stereocenters. The lowest BCUT2D eigenvalue weighted by Crippen LogP contribution is -2.41. The lowest BCUT2D eigenvalue weighted by molar-refractivity contribution is -0.163. The summed E-state index contributed by atoms with van der Waals surface area (Å²) in [4.78, 5) is 60.4. The first-order chi connectivity index (χ1) is 16.3.